The van der Waals surface area contributed by atoms with Gasteiger partial charge in [0.15, 0.2) is 0 Å². The average molecular weight is 705 g/mol. The monoisotopic (exact) mass is 705 g/mol. The number of unbranched alkanes of at least 4 members (excludes halogenated alkanes) is 27. The van der Waals surface area contributed by atoms with Crippen LogP contribution in [-0.2, 0) is 33.6 Å². The lowest BCUT2D eigenvalue weighted by molar-refractivity contribution is 0.317. The summed E-state index contributed by atoms with van der Waals surface area (Å²) >= 11 is 0. The zero-order valence-electron chi connectivity index (χ0n) is 33.5. The summed E-state index contributed by atoms with van der Waals surface area (Å²) in [7, 11) is -3.75. The molecule has 0 spiro atoms. The van der Waals surface area contributed by atoms with Gasteiger partial charge in [0.1, 0.15) is 0 Å². The molecule has 0 bridgehead atoms. The van der Waals surface area contributed by atoms with Gasteiger partial charge in [-0.3, -0.25) is 4.18 Å². The van der Waals surface area contributed by atoms with Crippen LogP contribution in [0.1, 0.15) is 243 Å². The number of aryl methyl sites for hydroxylation is 1. The third kappa shape index (κ3) is 24.1. The molecule has 0 aliphatic heterocycles. The zero-order valence-corrected chi connectivity index (χ0v) is 34.4. The Kier molecular flexibility index (Phi) is 31.1. The van der Waals surface area contributed by atoms with E-state index in [1.165, 1.54) is 191 Å². The Balaban J connectivity index is 2.90. The molecule has 0 radical (unpaired) electrons. The van der Waals surface area contributed by atoms with Crippen LogP contribution in [0.3, 0.4) is 0 Å². The first kappa shape index (κ1) is 46.2. The standard InChI is InChI=1S/C45H84O3S/c1-5-9-12-15-18-21-24-27-30-33-36-42-39-40-45(49(46,47)48-41-8-4)44(38-35-32-29-26-23-20-17-14-11-7-3)43(42)37-34-31-28-25-22-19-16-13-10-6-2/h39-40H,5-38,41H2,1-4H3. The Bertz CT molecular complexity index is 970. The maximum atomic E-state index is 13.5. The van der Waals surface area contributed by atoms with Crippen LogP contribution in [0.25, 0.3) is 0 Å². The summed E-state index contributed by atoms with van der Waals surface area (Å²) in [4.78, 5) is 0.464. The summed E-state index contributed by atoms with van der Waals surface area (Å²) in [6, 6.07) is 4.06. The van der Waals surface area contributed by atoms with E-state index < -0.39 is 10.1 Å². The maximum absolute atomic E-state index is 13.5. The van der Waals surface area contributed by atoms with Gasteiger partial charge in [0.2, 0.25) is 0 Å². The molecular weight excluding hydrogens is 621 g/mol. The van der Waals surface area contributed by atoms with Crippen LogP contribution in [0.5, 0.6) is 0 Å². The topological polar surface area (TPSA) is 43.4 Å². The van der Waals surface area contributed by atoms with Crippen LogP contribution in [0, 0.1) is 0 Å². The lowest BCUT2D eigenvalue weighted by atomic mass is 9.90. The second kappa shape index (κ2) is 33.0. The first-order chi connectivity index (χ1) is 24.0. The zero-order chi connectivity index (χ0) is 35.7. The molecule has 0 N–H and O–H groups in total. The predicted octanol–water partition coefficient (Wildman–Crippen LogP) is 15.2. The normalized spacial score (nSPS) is 11.9. The molecule has 0 aromatic heterocycles. The Morgan fingerprint density at radius 2 is 0.714 bits per heavy atom. The van der Waals surface area contributed by atoms with Crippen molar-refractivity contribution in [1.29, 1.82) is 0 Å². The number of hydrogen-bond acceptors (Lipinski definition) is 3. The van der Waals surface area contributed by atoms with Crippen molar-refractivity contribution in [3.05, 3.63) is 28.8 Å². The van der Waals surface area contributed by atoms with Crippen LogP contribution in [0.15, 0.2) is 17.0 Å². The van der Waals surface area contributed by atoms with Gasteiger partial charge < -0.3 is 0 Å². The minimum absolute atomic E-state index is 0.258. The molecule has 0 fully saturated rings. The van der Waals surface area contributed by atoms with E-state index in [0.29, 0.717) is 11.3 Å². The minimum atomic E-state index is -3.75. The molecule has 4 heteroatoms. The Hall–Kier alpha value is -0.870. The summed E-state index contributed by atoms with van der Waals surface area (Å²) in [5, 5.41) is 0. The third-order valence-electron chi connectivity index (χ3n) is 10.6. The molecule has 0 unspecified atom stereocenters. The highest BCUT2D eigenvalue weighted by Crippen LogP contribution is 2.30. The quantitative estimate of drug-likeness (QED) is 0.0511. The fraction of sp³-hybridized carbons (Fsp3) is 0.867. The fourth-order valence-electron chi connectivity index (χ4n) is 7.41. The van der Waals surface area contributed by atoms with Crippen LogP contribution in [0.4, 0.5) is 0 Å². The van der Waals surface area contributed by atoms with Gasteiger partial charge in [0.25, 0.3) is 10.1 Å². The summed E-state index contributed by atoms with van der Waals surface area (Å²) in [6.07, 6.45) is 43.3. The molecule has 288 valence electrons. The summed E-state index contributed by atoms with van der Waals surface area (Å²) in [5.41, 5.74) is 3.86. The molecule has 1 aromatic carbocycles. The molecule has 0 saturated carbocycles. The highest BCUT2D eigenvalue weighted by atomic mass is 32.2. The van der Waals surface area contributed by atoms with E-state index in [0.717, 1.165) is 37.7 Å². The molecule has 0 atom stereocenters. The summed E-state index contributed by atoms with van der Waals surface area (Å²) in [5.74, 6) is 0. The first-order valence-electron chi connectivity index (χ1n) is 22.0. The first-order valence-corrected chi connectivity index (χ1v) is 23.5. The SMILES string of the molecule is CCCCCCCCCCCCc1ccc(S(=O)(=O)OCCC)c(CCCCCCCCCCCC)c1CCCCCCCCCCCC. The largest absolute Gasteiger partial charge is 0.297 e. The second-order valence-electron chi connectivity index (χ2n) is 15.3. The van der Waals surface area contributed by atoms with Crippen LogP contribution < -0.4 is 0 Å². The van der Waals surface area contributed by atoms with Crippen molar-refractivity contribution in [1.82, 2.24) is 0 Å². The maximum Gasteiger partial charge on any atom is 0.297 e. The Morgan fingerprint density at radius 3 is 1.08 bits per heavy atom. The van der Waals surface area contributed by atoms with Crippen molar-refractivity contribution in [3.63, 3.8) is 0 Å². The Morgan fingerprint density at radius 1 is 0.388 bits per heavy atom. The molecule has 0 aliphatic carbocycles. The lowest BCUT2D eigenvalue weighted by Crippen LogP contribution is -2.13. The molecule has 1 rings (SSSR count). The highest BCUT2D eigenvalue weighted by Gasteiger charge is 2.23. The van der Waals surface area contributed by atoms with Gasteiger partial charge >= 0.3 is 0 Å². The van der Waals surface area contributed by atoms with Gasteiger partial charge in [-0.05, 0) is 67.7 Å². The van der Waals surface area contributed by atoms with Crippen LogP contribution >= 0.6 is 0 Å². The van der Waals surface area contributed by atoms with Gasteiger partial charge in [-0.1, -0.05) is 207 Å². The average Bonchev–Trinajstić information content (AvgIpc) is 3.10. The van der Waals surface area contributed by atoms with Crippen molar-refractivity contribution in [2.24, 2.45) is 0 Å². The number of rotatable bonds is 37. The molecule has 1 aromatic rings. The Labute approximate surface area is 308 Å². The van der Waals surface area contributed by atoms with Gasteiger partial charge in [-0.25, -0.2) is 0 Å². The highest BCUT2D eigenvalue weighted by molar-refractivity contribution is 7.86. The molecule has 0 aliphatic rings. The minimum Gasteiger partial charge on any atom is -0.266 e. The van der Waals surface area contributed by atoms with E-state index >= 15 is 0 Å². The van der Waals surface area contributed by atoms with Gasteiger partial charge in [-0.2, -0.15) is 8.42 Å². The van der Waals surface area contributed by atoms with Gasteiger partial charge in [0, 0.05) is 0 Å². The number of hydrogen-bond donors (Lipinski definition) is 0. The van der Waals surface area contributed by atoms with Crippen molar-refractivity contribution in [2.75, 3.05) is 6.61 Å². The van der Waals surface area contributed by atoms with E-state index in [4.69, 9.17) is 4.18 Å². The molecule has 49 heavy (non-hydrogen) atoms. The third-order valence-corrected chi connectivity index (χ3v) is 12.0. The van der Waals surface area contributed by atoms with E-state index in [1.807, 2.05) is 13.0 Å². The lowest BCUT2D eigenvalue weighted by Gasteiger charge is -2.20. The van der Waals surface area contributed by atoms with E-state index in [1.54, 1.807) is 0 Å². The van der Waals surface area contributed by atoms with E-state index in [9.17, 15) is 8.42 Å². The molecule has 0 amide bonds. The van der Waals surface area contributed by atoms with Crippen molar-refractivity contribution >= 4 is 10.1 Å². The van der Waals surface area contributed by atoms with Crippen molar-refractivity contribution in [3.8, 4) is 0 Å². The van der Waals surface area contributed by atoms with Crippen LogP contribution in [-0.4, -0.2) is 15.0 Å². The molecule has 0 saturated heterocycles. The molecule has 0 heterocycles. The summed E-state index contributed by atoms with van der Waals surface area (Å²) in [6.45, 7) is 9.09. The van der Waals surface area contributed by atoms with Gasteiger partial charge in [0.05, 0.1) is 11.5 Å². The van der Waals surface area contributed by atoms with E-state index in [-0.39, 0.29) is 6.61 Å². The van der Waals surface area contributed by atoms with Crippen molar-refractivity contribution < 1.29 is 12.6 Å². The van der Waals surface area contributed by atoms with Crippen molar-refractivity contribution in [2.45, 2.75) is 251 Å². The predicted molar refractivity (Wildman–Crippen MR) is 217 cm³/mol. The van der Waals surface area contributed by atoms with Crippen LogP contribution in [0.2, 0.25) is 0 Å². The van der Waals surface area contributed by atoms with E-state index in [2.05, 4.69) is 26.8 Å². The fourth-order valence-corrected chi connectivity index (χ4v) is 8.69. The second-order valence-corrected chi connectivity index (χ2v) is 16.8. The smallest absolute Gasteiger partial charge is 0.266 e. The molecular formula is C45H84O3S. The number of benzene rings is 1. The summed E-state index contributed by atoms with van der Waals surface area (Å²) < 4.78 is 32.6. The van der Waals surface area contributed by atoms with Gasteiger partial charge in [-0.15, -0.1) is 0 Å². The molecule has 3 nitrogen and oxygen atoms in total.